The molecule has 1 aromatic carbocycles. The molecule has 2 aromatic rings. The first kappa shape index (κ1) is 15.5. The van der Waals surface area contributed by atoms with Crippen LogP contribution < -0.4 is 5.32 Å². The number of benzene rings is 1. The molecule has 3 nitrogen and oxygen atoms in total. The SMILES string of the molecule is CCCn1ccnc1CC(NC)c1cc(Cl)cc(Br)c1. The van der Waals surface area contributed by atoms with E-state index in [9.17, 15) is 0 Å². The Morgan fingerprint density at radius 2 is 2.20 bits per heavy atom. The smallest absolute Gasteiger partial charge is 0.110 e. The molecule has 0 radical (unpaired) electrons. The van der Waals surface area contributed by atoms with Gasteiger partial charge in [0, 0.05) is 40.9 Å². The summed E-state index contributed by atoms with van der Waals surface area (Å²) in [6.07, 6.45) is 5.86. The van der Waals surface area contributed by atoms with E-state index in [1.807, 2.05) is 31.6 Å². The molecule has 1 atom stereocenters. The molecule has 108 valence electrons. The average Bonchev–Trinajstić information content (AvgIpc) is 2.82. The highest BCUT2D eigenvalue weighted by atomic mass is 79.9. The number of halogens is 2. The molecule has 0 saturated carbocycles. The van der Waals surface area contributed by atoms with Crippen LogP contribution in [0.2, 0.25) is 5.02 Å². The Balaban J connectivity index is 2.22. The Kier molecular flexibility index (Phi) is 5.64. The van der Waals surface area contributed by atoms with Crippen molar-refractivity contribution >= 4 is 27.5 Å². The molecule has 20 heavy (non-hydrogen) atoms. The summed E-state index contributed by atoms with van der Waals surface area (Å²) < 4.78 is 3.21. The lowest BCUT2D eigenvalue weighted by molar-refractivity contribution is 0.543. The van der Waals surface area contributed by atoms with Crippen LogP contribution in [0.5, 0.6) is 0 Å². The Labute approximate surface area is 133 Å². The number of hydrogen-bond acceptors (Lipinski definition) is 2. The van der Waals surface area contributed by atoms with E-state index in [0.29, 0.717) is 0 Å². The van der Waals surface area contributed by atoms with Crippen molar-refractivity contribution in [1.29, 1.82) is 0 Å². The van der Waals surface area contributed by atoms with E-state index < -0.39 is 0 Å². The van der Waals surface area contributed by atoms with Crippen molar-refractivity contribution in [3.8, 4) is 0 Å². The molecule has 0 amide bonds. The maximum Gasteiger partial charge on any atom is 0.110 e. The number of aryl methyl sites for hydroxylation is 1. The summed E-state index contributed by atoms with van der Waals surface area (Å²) in [5.74, 6) is 1.10. The second kappa shape index (κ2) is 7.25. The minimum absolute atomic E-state index is 0.197. The number of likely N-dealkylation sites (N-methyl/N-ethyl adjacent to an activating group) is 1. The molecule has 1 N–H and O–H groups in total. The maximum atomic E-state index is 6.14. The third-order valence-corrected chi connectivity index (χ3v) is 3.96. The van der Waals surface area contributed by atoms with Gasteiger partial charge in [0.05, 0.1) is 0 Å². The predicted molar refractivity (Wildman–Crippen MR) is 87.2 cm³/mol. The Morgan fingerprint density at radius 3 is 2.85 bits per heavy atom. The Morgan fingerprint density at radius 1 is 1.40 bits per heavy atom. The largest absolute Gasteiger partial charge is 0.335 e. The molecule has 0 aliphatic carbocycles. The summed E-state index contributed by atoms with van der Waals surface area (Å²) in [6, 6.07) is 6.19. The summed E-state index contributed by atoms with van der Waals surface area (Å²) in [7, 11) is 1.96. The molecule has 1 aromatic heterocycles. The van der Waals surface area contributed by atoms with E-state index in [-0.39, 0.29) is 6.04 Å². The molecule has 2 rings (SSSR count). The molecule has 1 unspecified atom stereocenters. The van der Waals surface area contributed by atoms with Crippen LogP contribution in [0.1, 0.15) is 30.8 Å². The number of rotatable bonds is 6. The first-order chi connectivity index (χ1) is 9.63. The fraction of sp³-hybridized carbons (Fsp3) is 0.400. The molecule has 0 aliphatic heterocycles. The van der Waals surface area contributed by atoms with Gasteiger partial charge in [0.15, 0.2) is 0 Å². The minimum Gasteiger partial charge on any atom is -0.335 e. The molecule has 0 bridgehead atoms. The fourth-order valence-electron chi connectivity index (χ4n) is 2.32. The molecule has 0 fully saturated rings. The van der Waals surface area contributed by atoms with Crippen LogP contribution in [0, 0.1) is 0 Å². The molecular formula is C15H19BrClN3. The first-order valence-electron chi connectivity index (χ1n) is 6.77. The van der Waals surface area contributed by atoms with Crippen LogP contribution in [-0.4, -0.2) is 16.6 Å². The van der Waals surface area contributed by atoms with Crippen molar-refractivity contribution in [2.45, 2.75) is 32.4 Å². The van der Waals surface area contributed by atoms with Gasteiger partial charge >= 0.3 is 0 Å². The highest BCUT2D eigenvalue weighted by molar-refractivity contribution is 9.10. The lowest BCUT2D eigenvalue weighted by Crippen LogP contribution is -2.21. The van der Waals surface area contributed by atoms with Gasteiger partial charge in [-0.1, -0.05) is 34.5 Å². The maximum absolute atomic E-state index is 6.14. The molecule has 0 saturated heterocycles. The van der Waals surface area contributed by atoms with E-state index >= 15 is 0 Å². The quantitative estimate of drug-likeness (QED) is 0.840. The van der Waals surface area contributed by atoms with Gasteiger partial charge in [-0.3, -0.25) is 0 Å². The zero-order chi connectivity index (χ0) is 14.5. The zero-order valence-corrected chi connectivity index (χ0v) is 14.1. The van der Waals surface area contributed by atoms with Crippen LogP contribution in [0.3, 0.4) is 0 Å². The Bertz CT molecular complexity index is 548. The van der Waals surface area contributed by atoms with Gasteiger partial charge in [-0.2, -0.15) is 0 Å². The van der Waals surface area contributed by atoms with Gasteiger partial charge in [-0.25, -0.2) is 4.98 Å². The normalized spacial score (nSPS) is 12.6. The van der Waals surface area contributed by atoms with E-state index in [1.54, 1.807) is 0 Å². The summed E-state index contributed by atoms with van der Waals surface area (Å²) in [5.41, 5.74) is 1.16. The molecule has 5 heteroatoms. The number of hydrogen-bond donors (Lipinski definition) is 1. The van der Waals surface area contributed by atoms with Crippen molar-refractivity contribution in [2.24, 2.45) is 0 Å². The lowest BCUT2D eigenvalue weighted by atomic mass is 10.0. The van der Waals surface area contributed by atoms with Gasteiger partial charge in [0.25, 0.3) is 0 Å². The van der Waals surface area contributed by atoms with E-state index in [1.165, 1.54) is 0 Å². The van der Waals surface area contributed by atoms with E-state index in [0.717, 1.165) is 40.3 Å². The highest BCUT2D eigenvalue weighted by Gasteiger charge is 2.14. The second-order valence-corrected chi connectivity index (χ2v) is 6.14. The number of nitrogens with zero attached hydrogens (tertiary/aromatic N) is 2. The highest BCUT2D eigenvalue weighted by Crippen LogP contribution is 2.25. The number of nitrogens with one attached hydrogen (secondary N) is 1. The second-order valence-electron chi connectivity index (χ2n) is 4.79. The predicted octanol–water partition coefficient (Wildman–Crippen LogP) is 4.21. The summed E-state index contributed by atoms with van der Waals surface area (Å²) >= 11 is 9.63. The van der Waals surface area contributed by atoms with Crippen LogP contribution in [0.4, 0.5) is 0 Å². The summed E-state index contributed by atoms with van der Waals surface area (Å²) in [6.45, 7) is 3.18. The third-order valence-electron chi connectivity index (χ3n) is 3.29. The number of imidazole rings is 1. The molecule has 1 heterocycles. The van der Waals surface area contributed by atoms with Crippen molar-refractivity contribution in [2.75, 3.05) is 7.05 Å². The molecule has 0 aliphatic rings. The Hall–Kier alpha value is -0.840. The van der Waals surface area contributed by atoms with Crippen LogP contribution in [0.15, 0.2) is 35.1 Å². The summed E-state index contributed by atoms with van der Waals surface area (Å²) in [4.78, 5) is 4.47. The third kappa shape index (κ3) is 3.84. The lowest BCUT2D eigenvalue weighted by Gasteiger charge is -2.18. The minimum atomic E-state index is 0.197. The fourth-order valence-corrected chi connectivity index (χ4v) is 3.21. The van der Waals surface area contributed by atoms with Crippen LogP contribution in [0.25, 0.3) is 0 Å². The van der Waals surface area contributed by atoms with Crippen molar-refractivity contribution in [3.63, 3.8) is 0 Å². The monoisotopic (exact) mass is 355 g/mol. The van der Waals surface area contributed by atoms with Gasteiger partial charge in [-0.05, 0) is 37.2 Å². The van der Waals surface area contributed by atoms with Gasteiger partial charge in [0.2, 0.25) is 0 Å². The zero-order valence-electron chi connectivity index (χ0n) is 11.7. The average molecular weight is 357 g/mol. The van der Waals surface area contributed by atoms with E-state index in [4.69, 9.17) is 11.6 Å². The van der Waals surface area contributed by atoms with Crippen molar-refractivity contribution in [3.05, 3.63) is 51.5 Å². The van der Waals surface area contributed by atoms with Gasteiger partial charge < -0.3 is 9.88 Å². The standard InChI is InChI=1S/C15H19BrClN3/c1-3-5-20-6-4-19-15(20)10-14(18-2)11-7-12(16)9-13(17)8-11/h4,6-9,14,18H,3,5,10H2,1-2H3. The topological polar surface area (TPSA) is 29.9 Å². The summed E-state index contributed by atoms with van der Waals surface area (Å²) in [5, 5.41) is 4.09. The van der Waals surface area contributed by atoms with Crippen LogP contribution in [-0.2, 0) is 13.0 Å². The molecular weight excluding hydrogens is 338 g/mol. The van der Waals surface area contributed by atoms with Crippen LogP contribution >= 0.6 is 27.5 Å². The van der Waals surface area contributed by atoms with E-state index in [2.05, 4.69) is 43.8 Å². The number of aromatic nitrogens is 2. The van der Waals surface area contributed by atoms with Gasteiger partial charge in [0.1, 0.15) is 5.82 Å². The van der Waals surface area contributed by atoms with Gasteiger partial charge in [-0.15, -0.1) is 0 Å². The first-order valence-corrected chi connectivity index (χ1v) is 7.94. The van der Waals surface area contributed by atoms with Crippen molar-refractivity contribution < 1.29 is 0 Å². The van der Waals surface area contributed by atoms with Crippen molar-refractivity contribution in [1.82, 2.24) is 14.9 Å². The molecule has 0 spiro atoms.